The summed E-state index contributed by atoms with van der Waals surface area (Å²) in [5.74, 6) is 0. The minimum absolute atomic E-state index is 0.144. The molecular weight excluding hydrogens is 380 g/mol. The van der Waals surface area contributed by atoms with Crippen LogP contribution < -0.4 is 9.62 Å². The molecule has 1 N–H and O–H groups in total. The van der Waals surface area contributed by atoms with E-state index >= 15 is 0 Å². The molecule has 3 aromatic rings. The molecule has 0 aliphatic rings. The van der Waals surface area contributed by atoms with Crippen LogP contribution in [0.2, 0.25) is 0 Å². The van der Waals surface area contributed by atoms with Crippen LogP contribution in [0.25, 0.3) is 0 Å². The van der Waals surface area contributed by atoms with Crippen LogP contribution in [0.1, 0.15) is 28.3 Å². The lowest BCUT2D eigenvalue weighted by Gasteiger charge is -2.33. The molecule has 0 radical (unpaired) electrons. The Balaban J connectivity index is 1.94. The molecule has 0 amide bonds. The van der Waals surface area contributed by atoms with Crippen molar-refractivity contribution in [1.82, 2.24) is 4.72 Å². The molecule has 0 aliphatic heterocycles. The first-order chi connectivity index (χ1) is 13.8. The summed E-state index contributed by atoms with van der Waals surface area (Å²) in [7, 11) is -1.56. The van der Waals surface area contributed by atoms with E-state index in [9.17, 15) is 8.42 Å². The second-order valence-corrected chi connectivity index (χ2v) is 9.22. The molecule has 152 valence electrons. The molecule has 0 bridgehead atoms. The lowest BCUT2D eigenvalue weighted by Crippen LogP contribution is -2.36. The Kier molecular flexibility index (Phi) is 6.40. The van der Waals surface area contributed by atoms with Crippen LogP contribution >= 0.6 is 0 Å². The van der Waals surface area contributed by atoms with Gasteiger partial charge < -0.3 is 4.90 Å². The van der Waals surface area contributed by atoms with Crippen LogP contribution in [0.5, 0.6) is 0 Å². The molecular formula is C24H28N2O2S. The van der Waals surface area contributed by atoms with E-state index in [1.807, 2.05) is 43.4 Å². The third-order valence-electron chi connectivity index (χ3n) is 5.16. The van der Waals surface area contributed by atoms with Crippen molar-refractivity contribution in [3.05, 3.63) is 95.1 Å². The lowest BCUT2D eigenvalue weighted by molar-refractivity contribution is 0.567. The van der Waals surface area contributed by atoms with Crippen LogP contribution in [-0.4, -0.2) is 22.0 Å². The maximum Gasteiger partial charge on any atom is 0.240 e. The van der Waals surface area contributed by atoms with E-state index in [2.05, 4.69) is 42.5 Å². The fourth-order valence-corrected chi connectivity index (χ4v) is 4.97. The van der Waals surface area contributed by atoms with Gasteiger partial charge in [0.05, 0.1) is 10.9 Å². The molecule has 4 nitrogen and oxygen atoms in total. The number of nitrogens with one attached hydrogen (secondary N) is 1. The average molecular weight is 409 g/mol. The van der Waals surface area contributed by atoms with Crippen molar-refractivity contribution < 1.29 is 8.42 Å². The van der Waals surface area contributed by atoms with Crippen LogP contribution in [0.15, 0.2) is 77.7 Å². The Bertz CT molecular complexity index is 1040. The van der Waals surface area contributed by atoms with Gasteiger partial charge in [0.2, 0.25) is 10.0 Å². The fourth-order valence-electron chi connectivity index (χ4n) is 3.91. The maximum absolute atomic E-state index is 12.8. The zero-order valence-corrected chi connectivity index (χ0v) is 18.2. The second-order valence-electron chi connectivity index (χ2n) is 7.45. The molecule has 0 aliphatic carbocycles. The molecule has 5 heteroatoms. The quantitative estimate of drug-likeness (QED) is 0.613. The van der Waals surface area contributed by atoms with Gasteiger partial charge in [0.1, 0.15) is 0 Å². The van der Waals surface area contributed by atoms with Crippen molar-refractivity contribution in [2.24, 2.45) is 0 Å². The average Bonchev–Trinajstić information content (AvgIpc) is 2.69. The highest BCUT2D eigenvalue weighted by atomic mass is 32.2. The minimum Gasteiger partial charge on any atom is -0.366 e. The van der Waals surface area contributed by atoms with Gasteiger partial charge in [-0.25, -0.2) is 13.1 Å². The van der Waals surface area contributed by atoms with E-state index in [0.29, 0.717) is 0 Å². The van der Waals surface area contributed by atoms with E-state index in [1.165, 1.54) is 16.7 Å². The predicted octanol–water partition coefficient (Wildman–Crippen LogP) is 4.77. The normalized spacial score (nSPS) is 12.6. The number of likely N-dealkylation sites (N-methyl/N-ethyl adjacent to an activating group) is 1. The van der Waals surface area contributed by atoms with E-state index < -0.39 is 10.0 Å². The highest BCUT2D eigenvalue weighted by Gasteiger charge is 2.23. The standard InChI is InChI=1S/C24H28N2O2S/c1-18-15-19(2)24(20(3)16-18)26(4)23(21-11-7-5-8-12-21)17-25-29(27,28)22-13-9-6-10-14-22/h5-16,23,25H,17H2,1-4H3. The third kappa shape index (κ3) is 4.86. The monoisotopic (exact) mass is 408 g/mol. The summed E-state index contributed by atoms with van der Waals surface area (Å²) in [6.07, 6.45) is 0. The summed E-state index contributed by atoms with van der Waals surface area (Å²) in [6.45, 7) is 6.56. The molecule has 3 aromatic carbocycles. The highest BCUT2D eigenvalue weighted by Crippen LogP contribution is 2.32. The van der Waals surface area contributed by atoms with Crippen LogP contribution in [0.4, 0.5) is 5.69 Å². The summed E-state index contributed by atoms with van der Waals surface area (Å²) in [6, 6.07) is 22.7. The molecule has 0 heterocycles. The number of sulfonamides is 1. The summed E-state index contributed by atoms with van der Waals surface area (Å²) in [4.78, 5) is 2.45. The number of hydrogen-bond acceptors (Lipinski definition) is 3. The van der Waals surface area contributed by atoms with Crippen molar-refractivity contribution in [3.63, 3.8) is 0 Å². The van der Waals surface area contributed by atoms with Crippen molar-refractivity contribution in [1.29, 1.82) is 0 Å². The Morgan fingerprint density at radius 3 is 1.93 bits per heavy atom. The number of anilines is 1. The lowest BCUT2D eigenvalue weighted by atomic mass is 10.00. The van der Waals surface area contributed by atoms with Gasteiger partial charge in [0.15, 0.2) is 0 Å². The molecule has 0 fully saturated rings. The molecule has 0 saturated carbocycles. The van der Waals surface area contributed by atoms with Crippen molar-refractivity contribution >= 4 is 15.7 Å². The smallest absolute Gasteiger partial charge is 0.240 e. The SMILES string of the molecule is Cc1cc(C)c(N(C)C(CNS(=O)(=O)c2ccccc2)c2ccccc2)c(C)c1. The molecule has 0 saturated heterocycles. The van der Waals surface area contributed by atoms with Gasteiger partial charge in [-0.2, -0.15) is 0 Å². The van der Waals surface area contributed by atoms with Gasteiger partial charge in [-0.3, -0.25) is 0 Å². The molecule has 1 unspecified atom stereocenters. The second kappa shape index (κ2) is 8.80. The van der Waals surface area contributed by atoms with Crippen LogP contribution in [-0.2, 0) is 10.0 Å². The van der Waals surface area contributed by atoms with E-state index in [4.69, 9.17) is 0 Å². The van der Waals surface area contributed by atoms with Crippen LogP contribution in [0, 0.1) is 20.8 Å². The zero-order chi connectivity index (χ0) is 21.0. The van der Waals surface area contributed by atoms with Gasteiger partial charge in [-0.05, 0) is 49.6 Å². The van der Waals surface area contributed by atoms with Gasteiger partial charge in [-0.1, -0.05) is 66.2 Å². The first-order valence-corrected chi connectivity index (χ1v) is 11.2. The number of aryl methyl sites for hydroxylation is 3. The first-order valence-electron chi connectivity index (χ1n) is 9.70. The Hall–Kier alpha value is -2.63. The Labute approximate surface area is 174 Å². The van der Waals surface area contributed by atoms with E-state index in [1.54, 1.807) is 24.3 Å². The minimum atomic E-state index is -3.58. The van der Waals surface area contributed by atoms with Crippen molar-refractivity contribution in [2.45, 2.75) is 31.7 Å². The predicted molar refractivity (Wildman–Crippen MR) is 120 cm³/mol. The van der Waals surface area contributed by atoms with Gasteiger partial charge in [0, 0.05) is 19.3 Å². The number of rotatable bonds is 7. The Morgan fingerprint density at radius 1 is 0.862 bits per heavy atom. The topological polar surface area (TPSA) is 49.4 Å². The summed E-state index contributed by atoms with van der Waals surface area (Å²) in [5.41, 5.74) is 5.76. The maximum atomic E-state index is 12.8. The third-order valence-corrected chi connectivity index (χ3v) is 6.60. The largest absolute Gasteiger partial charge is 0.366 e. The summed E-state index contributed by atoms with van der Waals surface area (Å²) >= 11 is 0. The van der Waals surface area contributed by atoms with Gasteiger partial charge >= 0.3 is 0 Å². The number of nitrogens with zero attached hydrogens (tertiary/aromatic N) is 1. The molecule has 0 aromatic heterocycles. The van der Waals surface area contributed by atoms with Crippen molar-refractivity contribution in [2.75, 3.05) is 18.5 Å². The Morgan fingerprint density at radius 2 is 1.38 bits per heavy atom. The van der Waals surface area contributed by atoms with Gasteiger partial charge in [0.25, 0.3) is 0 Å². The van der Waals surface area contributed by atoms with Crippen LogP contribution in [0.3, 0.4) is 0 Å². The summed E-state index contributed by atoms with van der Waals surface area (Å²) < 4.78 is 28.4. The fraction of sp³-hybridized carbons (Fsp3) is 0.250. The van der Waals surface area contributed by atoms with Crippen molar-refractivity contribution in [3.8, 4) is 0 Å². The molecule has 3 rings (SSSR count). The first kappa shape index (κ1) is 21.1. The summed E-state index contributed by atoms with van der Waals surface area (Å²) in [5, 5.41) is 0. The molecule has 0 spiro atoms. The number of hydrogen-bond donors (Lipinski definition) is 1. The highest BCUT2D eigenvalue weighted by molar-refractivity contribution is 7.89. The van der Waals surface area contributed by atoms with Gasteiger partial charge in [-0.15, -0.1) is 0 Å². The zero-order valence-electron chi connectivity index (χ0n) is 17.4. The van der Waals surface area contributed by atoms with E-state index in [-0.39, 0.29) is 17.5 Å². The molecule has 1 atom stereocenters. The van der Waals surface area contributed by atoms with E-state index in [0.717, 1.165) is 11.3 Å². The number of benzene rings is 3. The molecule has 29 heavy (non-hydrogen) atoms.